The third-order valence-electron chi connectivity index (χ3n) is 3.69. The van der Waals surface area contributed by atoms with Gasteiger partial charge >= 0.3 is 0 Å². The first-order chi connectivity index (χ1) is 10.8. The minimum Gasteiger partial charge on any atom is -0.382 e. The molecule has 0 aliphatic rings. The van der Waals surface area contributed by atoms with Crippen molar-refractivity contribution < 1.29 is 4.79 Å². The minimum absolute atomic E-state index is 0.00134. The highest BCUT2D eigenvalue weighted by Crippen LogP contribution is 2.29. The van der Waals surface area contributed by atoms with E-state index in [1.807, 2.05) is 56.9 Å². The Hall–Kier alpha value is -2.07. The van der Waals surface area contributed by atoms with Gasteiger partial charge in [-0.05, 0) is 45.4 Å². The molecule has 0 spiro atoms. The number of nitrogens with two attached hydrogens (primary N) is 1. The molecule has 1 amide bonds. The van der Waals surface area contributed by atoms with Crippen molar-refractivity contribution in [3.05, 3.63) is 47.1 Å². The molecule has 23 heavy (non-hydrogen) atoms. The van der Waals surface area contributed by atoms with Crippen LogP contribution in [0.4, 0.5) is 5.82 Å². The second-order valence-corrected chi connectivity index (χ2v) is 6.44. The number of halogens is 1. The van der Waals surface area contributed by atoms with Crippen molar-refractivity contribution in [1.82, 2.24) is 9.88 Å². The third kappa shape index (κ3) is 3.64. The van der Waals surface area contributed by atoms with Gasteiger partial charge in [-0.25, -0.2) is 4.98 Å². The Kier molecular flexibility index (Phi) is 5.26. The summed E-state index contributed by atoms with van der Waals surface area (Å²) in [6.45, 7) is 8.06. The molecular weight excluding hydrogens is 310 g/mol. The Labute approximate surface area is 142 Å². The average molecular weight is 332 g/mol. The van der Waals surface area contributed by atoms with Crippen LogP contribution in [0.1, 0.15) is 38.1 Å². The van der Waals surface area contributed by atoms with E-state index < -0.39 is 0 Å². The lowest BCUT2D eigenvalue weighted by atomic mass is 9.99. The van der Waals surface area contributed by atoms with E-state index in [0.29, 0.717) is 10.6 Å². The zero-order valence-electron chi connectivity index (χ0n) is 13.9. The van der Waals surface area contributed by atoms with Gasteiger partial charge in [-0.2, -0.15) is 0 Å². The molecule has 0 saturated carbocycles. The fourth-order valence-corrected chi connectivity index (χ4v) is 2.89. The summed E-state index contributed by atoms with van der Waals surface area (Å²) in [4.78, 5) is 19.0. The predicted octanol–water partition coefficient (Wildman–Crippen LogP) is 4.24. The van der Waals surface area contributed by atoms with Crippen LogP contribution in [0.15, 0.2) is 36.5 Å². The van der Waals surface area contributed by atoms with Crippen molar-refractivity contribution in [1.29, 1.82) is 0 Å². The molecule has 4 nitrogen and oxygen atoms in total. The van der Waals surface area contributed by atoms with Crippen molar-refractivity contribution in [2.24, 2.45) is 0 Å². The van der Waals surface area contributed by atoms with E-state index >= 15 is 0 Å². The van der Waals surface area contributed by atoms with Crippen molar-refractivity contribution in [3.8, 4) is 11.1 Å². The Morgan fingerprint density at radius 2 is 1.78 bits per heavy atom. The van der Waals surface area contributed by atoms with Crippen LogP contribution in [-0.4, -0.2) is 27.9 Å². The van der Waals surface area contributed by atoms with Gasteiger partial charge in [0.15, 0.2) is 0 Å². The van der Waals surface area contributed by atoms with Gasteiger partial charge in [0, 0.05) is 29.4 Å². The smallest absolute Gasteiger partial charge is 0.254 e. The first kappa shape index (κ1) is 17.3. The van der Waals surface area contributed by atoms with E-state index in [9.17, 15) is 4.79 Å². The molecule has 0 unspecified atom stereocenters. The molecule has 0 bridgehead atoms. The van der Waals surface area contributed by atoms with Crippen molar-refractivity contribution in [2.45, 2.75) is 39.8 Å². The van der Waals surface area contributed by atoms with Crippen LogP contribution in [0.25, 0.3) is 11.1 Å². The van der Waals surface area contributed by atoms with Gasteiger partial charge < -0.3 is 10.6 Å². The summed E-state index contributed by atoms with van der Waals surface area (Å²) in [6, 6.07) is 9.46. The number of carbonyl (C=O) groups excluding carboxylic acids is 1. The largest absolute Gasteiger partial charge is 0.382 e. The SMILES string of the molecule is CC(C)N(C(=O)c1ccccc1-c1cnc(N)c(Cl)c1)C(C)C. The van der Waals surface area contributed by atoms with Crippen LogP contribution in [0.2, 0.25) is 5.02 Å². The summed E-state index contributed by atoms with van der Waals surface area (Å²) < 4.78 is 0. The lowest BCUT2D eigenvalue weighted by Gasteiger charge is -2.31. The van der Waals surface area contributed by atoms with E-state index in [1.54, 1.807) is 12.3 Å². The molecule has 122 valence electrons. The first-order valence-electron chi connectivity index (χ1n) is 7.66. The quantitative estimate of drug-likeness (QED) is 0.911. The Morgan fingerprint density at radius 3 is 2.35 bits per heavy atom. The van der Waals surface area contributed by atoms with Crippen LogP contribution in [0.3, 0.4) is 0 Å². The average Bonchev–Trinajstić information content (AvgIpc) is 2.49. The number of amides is 1. The standard InChI is InChI=1S/C18H22ClN3O/c1-11(2)22(12(3)4)18(23)15-8-6-5-7-14(15)13-9-16(19)17(20)21-10-13/h5-12H,1-4H3,(H2,20,21). The van der Waals surface area contributed by atoms with Crippen molar-refractivity contribution in [2.75, 3.05) is 5.73 Å². The Balaban J connectivity index is 2.52. The molecule has 1 aromatic heterocycles. The summed E-state index contributed by atoms with van der Waals surface area (Å²) in [5.41, 5.74) is 7.89. The van der Waals surface area contributed by atoms with Crippen molar-refractivity contribution in [3.63, 3.8) is 0 Å². The number of anilines is 1. The van der Waals surface area contributed by atoms with Gasteiger partial charge in [-0.3, -0.25) is 4.79 Å². The van der Waals surface area contributed by atoms with Crippen LogP contribution in [-0.2, 0) is 0 Å². The highest BCUT2D eigenvalue weighted by atomic mass is 35.5. The number of hydrogen-bond acceptors (Lipinski definition) is 3. The lowest BCUT2D eigenvalue weighted by molar-refractivity contribution is 0.0644. The van der Waals surface area contributed by atoms with Crippen LogP contribution < -0.4 is 5.73 Å². The van der Waals surface area contributed by atoms with Crippen LogP contribution >= 0.6 is 11.6 Å². The Bertz CT molecular complexity index is 705. The molecule has 2 rings (SSSR count). The molecule has 5 heteroatoms. The fourth-order valence-electron chi connectivity index (χ4n) is 2.72. The van der Waals surface area contributed by atoms with E-state index in [0.717, 1.165) is 11.1 Å². The van der Waals surface area contributed by atoms with Gasteiger partial charge in [0.25, 0.3) is 5.91 Å². The zero-order chi connectivity index (χ0) is 17.1. The summed E-state index contributed by atoms with van der Waals surface area (Å²) in [7, 11) is 0. The zero-order valence-corrected chi connectivity index (χ0v) is 14.6. The lowest BCUT2D eigenvalue weighted by Crippen LogP contribution is -2.42. The summed E-state index contributed by atoms with van der Waals surface area (Å²) in [5.74, 6) is 0.281. The van der Waals surface area contributed by atoms with E-state index in [1.165, 1.54) is 0 Å². The number of benzene rings is 1. The first-order valence-corrected chi connectivity index (χ1v) is 8.03. The second kappa shape index (κ2) is 7.01. The monoisotopic (exact) mass is 331 g/mol. The third-order valence-corrected chi connectivity index (χ3v) is 3.99. The number of aromatic nitrogens is 1. The van der Waals surface area contributed by atoms with Gasteiger partial charge in [0.2, 0.25) is 0 Å². The normalized spacial score (nSPS) is 11.1. The summed E-state index contributed by atoms with van der Waals surface area (Å²) >= 11 is 6.08. The molecule has 0 fully saturated rings. The van der Waals surface area contributed by atoms with Crippen molar-refractivity contribution >= 4 is 23.3 Å². The maximum atomic E-state index is 13.0. The molecule has 0 radical (unpaired) electrons. The van der Waals surface area contributed by atoms with Gasteiger partial charge in [-0.15, -0.1) is 0 Å². The second-order valence-electron chi connectivity index (χ2n) is 6.04. The highest BCUT2D eigenvalue weighted by Gasteiger charge is 2.24. The highest BCUT2D eigenvalue weighted by molar-refractivity contribution is 6.33. The molecule has 0 aliphatic carbocycles. The van der Waals surface area contributed by atoms with Crippen LogP contribution in [0, 0.1) is 0 Å². The molecule has 1 aromatic carbocycles. The maximum absolute atomic E-state index is 13.0. The molecule has 0 aliphatic heterocycles. The van der Waals surface area contributed by atoms with Gasteiger partial charge in [-0.1, -0.05) is 29.8 Å². The molecule has 0 saturated heterocycles. The summed E-state index contributed by atoms with van der Waals surface area (Å²) in [5, 5.41) is 0.384. The number of nitrogens with zero attached hydrogens (tertiary/aromatic N) is 2. The molecular formula is C18H22ClN3O. The van der Waals surface area contributed by atoms with Crippen LogP contribution in [0.5, 0.6) is 0 Å². The molecule has 2 aromatic rings. The van der Waals surface area contributed by atoms with Gasteiger partial charge in [0.1, 0.15) is 5.82 Å². The Morgan fingerprint density at radius 1 is 1.17 bits per heavy atom. The van der Waals surface area contributed by atoms with E-state index in [2.05, 4.69) is 4.98 Å². The molecule has 1 heterocycles. The number of hydrogen-bond donors (Lipinski definition) is 1. The molecule has 2 N–H and O–H groups in total. The topological polar surface area (TPSA) is 59.2 Å². The molecule has 0 atom stereocenters. The summed E-state index contributed by atoms with van der Waals surface area (Å²) in [6.07, 6.45) is 1.64. The number of carbonyl (C=O) groups is 1. The minimum atomic E-state index is -0.00134. The maximum Gasteiger partial charge on any atom is 0.254 e. The number of rotatable bonds is 4. The van der Waals surface area contributed by atoms with E-state index in [-0.39, 0.29) is 23.8 Å². The number of nitrogen functional groups attached to an aromatic ring is 1. The number of pyridine rings is 1. The predicted molar refractivity (Wildman–Crippen MR) is 95.5 cm³/mol. The fraction of sp³-hybridized carbons (Fsp3) is 0.333. The van der Waals surface area contributed by atoms with Gasteiger partial charge in [0.05, 0.1) is 5.02 Å². The van der Waals surface area contributed by atoms with E-state index in [4.69, 9.17) is 17.3 Å².